The zero-order valence-electron chi connectivity index (χ0n) is 15.9. The van der Waals surface area contributed by atoms with Crippen LogP contribution < -0.4 is 0 Å². The average Bonchev–Trinajstić information content (AvgIpc) is 2.89. The van der Waals surface area contributed by atoms with Crippen LogP contribution in [0.15, 0.2) is 64.4 Å². The van der Waals surface area contributed by atoms with E-state index in [2.05, 4.69) is 38.0 Å². The summed E-state index contributed by atoms with van der Waals surface area (Å²) in [6.07, 6.45) is 0. The Balaban J connectivity index is 1.90. The van der Waals surface area contributed by atoms with Crippen molar-refractivity contribution in [2.24, 2.45) is 0 Å². The van der Waals surface area contributed by atoms with Gasteiger partial charge < -0.3 is 0 Å². The first-order valence-corrected chi connectivity index (χ1v) is 9.53. The fraction of sp³-hybridized carbons (Fsp3) is 0.273. The van der Waals surface area contributed by atoms with Gasteiger partial charge in [-0.3, -0.25) is 4.79 Å². The molecule has 0 aliphatic carbocycles. The van der Waals surface area contributed by atoms with Crippen molar-refractivity contribution < 1.29 is 4.79 Å². The summed E-state index contributed by atoms with van der Waals surface area (Å²) in [4.78, 5) is 15.1. The summed E-state index contributed by atoms with van der Waals surface area (Å²) in [6.45, 7) is 10.4. The molecule has 0 unspecified atom stereocenters. The molecule has 4 heteroatoms. The van der Waals surface area contributed by atoms with Crippen molar-refractivity contribution >= 4 is 17.7 Å². The summed E-state index contributed by atoms with van der Waals surface area (Å²) in [5.74, 6) is -0.0917. The van der Waals surface area contributed by atoms with Crippen molar-refractivity contribution in [2.45, 2.75) is 49.8 Å². The van der Waals surface area contributed by atoms with E-state index in [0.717, 1.165) is 21.2 Å². The lowest BCUT2D eigenvalue weighted by molar-refractivity contribution is 0.0942. The van der Waals surface area contributed by atoms with E-state index in [9.17, 15) is 4.79 Å². The number of rotatable bonds is 3. The third-order valence-electron chi connectivity index (χ3n) is 4.38. The molecular weight excluding hydrogens is 340 g/mol. The maximum atomic E-state index is 12.9. The van der Waals surface area contributed by atoms with E-state index in [4.69, 9.17) is 0 Å². The Kier molecular flexibility index (Phi) is 5.05. The molecule has 3 aromatic rings. The number of hydrogen-bond acceptors (Lipinski definition) is 3. The van der Waals surface area contributed by atoms with E-state index in [0.29, 0.717) is 5.56 Å². The van der Waals surface area contributed by atoms with Gasteiger partial charge in [-0.1, -0.05) is 62.9 Å². The number of carbonyl (C=O) groups is 1. The van der Waals surface area contributed by atoms with Gasteiger partial charge in [0.1, 0.15) is 0 Å². The van der Waals surface area contributed by atoms with E-state index < -0.39 is 0 Å². The highest BCUT2D eigenvalue weighted by molar-refractivity contribution is 7.99. The van der Waals surface area contributed by atoms with Crippen molar-refractivity contribution in [1.29, 1.82) is 0 Å². The summed E-state index contributed by atoms with van der Waals surface area (Å²) < 4.78 is 1.52. The molecule has 3 rings (SSSR count). The number of carbonyl (C=O) groups excluding carboxylic acids is 1. The molecule has 1 aromatic heterocycles. The van der Waals surface area contributed by atoms with Gasteiger partial charge in [-0.2, -0.15) is 9.78 Å². The predicted molar refractivity (Wildman–Crippen MR) is 107 cm³/mol. The standard InChI is InChI=1S/C22H24N2OS/c1-15-20(26-19-9-7-6-8-10-19)16(2)24(23-15)21(25)17-11-13-18(14-12-17)22(3,4)5/h6-14H,1-5H3. The lowest BCUT2D eigenvalue weighted by atomic mass is 9.87. The van der Waals surface area contributed by atoms with Crippen LogP contribution in [0.4, 0.5) is 0 Å². The molecule has 0 fully saturated rings. The number of nitrogens with zero attached hydrogens (tertiary/aromatic N) is 2. The maximum Gasteiger partial charge on any atom is 0.278 e. The Morgan fingerprint density at radius 3 is 2.15 bits per heavy atom. The Labute approximate surface area is 159 Å². The van der Waals surface area contributed by atoms with E-state index in [-0.39, 0.29) is 11.3 Å². The molecule has 0 N–H and O–H groups in total. The van der Waals surface area contributed by atoms with E-state index in [1.54, 1.807) is 11.8 Å². The Morgan fingerprint density at radius 1 is 0.962 bits per heavy atom. The first kappa shape index (κ1) is 18.5. The number of aryl methyl sites for hydroxylation is 1. The van der Waals surface area contributed by atoms with Gasteiger partial charge in [-0.25, -0.2) is 0 Å². The molecule has 26 heavy (non-hydrogen) atoms. The van der Waals surface area contributed by atoms with Gasteiger partial charge in [0.15, 0.2) is 0 Å². The van der Waals surface area contributed by atoms with Gasteiger partial charge in [-0.05, 0) is 49.1 Å². The highest BCUT2D eigenvalue weighted by atomic mass is 32.2. The number of benzene rings is 2. The summed E-state index contributed by atoms with van der Waals surface area (Å²) in [5, 5.41) is 4.50. The molecule has 0 saturated carbocycles. The van der Waals surface area contributed by atoms with Gasteiger partial charge in [0, 0.05) is 10.5 Å². The minimum Gasteiger partial charge on any atom is -0.267 e. The van der Waals surface area contributed by atoms with Crippen LogP contribution >= 0.6 is 11.8 Å². The summed E-state index contributed by atoms with van der Waals surface area (Å²) in [7, 11) is 0. The second-order valence-electron chi connectivity index (χ2n) is 7.46. The van der Waals surface area contributed by atoms with Crippen molar-refractivity contribution in [3.8, 4) is 0 Å². The zero-order valence-corrected chi connectivity index (χ0v) is 16.7. The monoisotopic (exact) mass is 364 g/mol. The maximum absolute atomic E-state index is 12.9. The Hall–Kier alpha value is -2.33. The molecule has 2 aromatic carbocycles. The topological polar surface area (TPSA) is 34.9 Å². The summed E-state index contributed by atoms with van der Waals surface area (Å²) >= 11 is 1.64. The van der Waals surface area contributed by atoms with E-state index in [1.165, 1.54) is 10.2 Å². The van der Waals surface area contributed by atoms with Gasteiger partial charge in [0.05, 0.1) is 16.3 Å². The lowest BCUT2D eigenvalue weighted by Crippen LogP contribution is -2.16. The van der Waals surface area contributed by atoms with Crippen molar-refractivity contribution in [1.82, 2.24) is 9.78 Å². The minimum absolute atomic E-state index is 0.0687. The molecule has 0 radical (unpaired) electrons. The molecule has 1 heterocycles. The minimum atomic E-state index is -0.0917. The lowest BCUT2D eigenvalue weighted by Gasteiger charge is -2.19. The average molecular weight is 365 g/mol. The van der Waals surface area contributed by atoms with Crippen LogP contribution in [-0.4, -0.2) is 15.7 Å². The number of hydrogen-bond donors (Lipinski definition) is 0. The molecule has 0 saturated heterocycles. The molecule has 0 spiro atoms. The third-order valence-corrected chi connectivity index (χ3v) is 5.68. The summed E-state index contributed by atoms with van der Waals surface area (Å²) in [6, 6.07) is 18.0. The molecule has 134 valence electrons. The van der Waals surface area contributed by atoms with Crippen LogP contribution in [0.25, 0.3) is 0 Å². The quantitative estimate of drug-likeness (QED) is 0.603. The number of aromatic nitrogens is 2. The van der Waals surface area contributed by atoms with Crippen LogP contribution in [0.5, 0.6) is 0 Å². The molecule has 0 aliphatic heterocycles. The van der Waals surface area contributed by atoms with E-state index >= 15 is 0 Å². The van der Waals surface area contributed by atoms with Crippen LogP contribution in [0, 0.1) is 13.8 Å². The van der Waals surface area contributed by atoms with Crippen LogP contribution in [0.1, 0.15) is 48.1 Å². The van der Waals surface area contributed by atoms with E-state index in [1.807, 2.05) is 56.3 Å². The second kappa shape index (κ2) is 7.12. The van der Waals surface area contributed by atoms with Gasteiger partial charge >= 0.3 is 0 Å². The fourth-order valence-electron chi connectivity index (χ4n) is 2.82. The first-order chi connectivity index (χ1) is 12.3. The third kappa shape index (κ3) is 3.75. The first-order valence-electron chi connectivity index (χ1n) is 8.72. The predicted octanol–water partition coefficient (Wildman–Crippen LogP) is 5.64. The zero-order chi connectivity index (χ0) is 18.9. The molecule has 0 atom stereocenters. The fourth-order valence-corrected chi connectivity index (χ4v) is 3.77. The van der Waals surface area contributed by atoms with Crippen molar-refractivity contribution in [2.75, 3.05) is 0 Å². The molecule has 0 bridgehead atoms. The highest BCUT2D eigenvalue weighted by Crippen LogP contribution is 2.33. The largest absolute Gasteiger partial charge is 0.278 e. The van der Waals surface area contributed by atoms with Crippen molar-refractivity contribution in [3.05, 3.63) is 77.1 Å². The molecule has 0 amide bonds. The van der Waals surface area contributed by atoms with Crippen LogP contribution in [0.2, 0.25) is 0 Å². The van der Waals surface area contributed by atoms with Gasteiger partial charge in [-0.15, -0.1) is 0 Å². The molecular formula is C22H24N2OS. The second-order valence-corrected chi connectivity index (χ2v) is 8.54. The SMILES string of the molecule is Cc1nn(C(=O)c2ccc(C(C)(C)C)cc2)c(C)c1Sc1ccccc1. The van der Waals surface area contributed by atoms with Crippen molar-refractivity contribution in [3.63, 3.8) is 0 Å². The van der Waals surface area contributed by atoms with Crippen LogP contribution in [-0.2, 0) is 5.41 Å². The molecule has 0 aliphatic rings. The van der Waals surface area contributed by atoms with Crippen LogP contribution in [0.3, 0.4) is 0 Å². The smallest absolute Gasteiger partial charge is 0.267 e. The Morgan fingerprint density at radius 2 is 1.58 bits per heavy atom. The van der Waals surface area contributed by atoms with Gasteiger partial charge in [0.2, 0.25) is 0 Å². The normalized spacial score (nSPS) is 11.6. The highest BCUT2D eigenvalue weighted by Gasteiger charge is 2.20. The Bertz CT molecular complexity index is 919. The summed E-state index contributed by atoms with van der Waals surface area (Å²) in [5.41, 5.74) is 3.68. The molecule has 3 nitrogen and oxygen atoms in total. The van der Waals surface area contributed by atoms with Gasteiger partial charge in [0.25, 0.3) is 5.91 Å².